The van der Waals surface area contributed by atoms with Crippen LogP contribution in [0.15, 0.2) is 36.4 Å². The third-order valence-electron chi connectivity index (χ3n) is 4.97. The molecule has 6 nitrogen and oxygen atoms in total. The summed E-state index contributed by atoms with van der Waals surface area (Å²) in [4.78, 5) is 38.5. The van der Waals surface area contributed by atoms with Gasteiger partial charge in [0.05, 0.1) is 41.4 Å². The third-order valence-corrected chi connectivity index (χ3v) is 4.97. The minimum Gasteiger partial charge on any atom is -0.462 e. The van der Waals surface area contributed by atoms with Gasteiger partial charge in [0.1, 0.15) is 0 Å². The number of anilines is 1. The average molecular weight is 327 g/mol. The highest BCUT2D eigenvalue weighted by Crippen LogP contribution is 2.52. The summed E-state index contributed by atoms with van der Waals surface area (Å²) in [5.74, 6) is -1.86. The Kier molecular flexibility index (Phi) is 3.15. The molecular formula is C18H17NO5. The number of ether oxygens (including phenoxy) is 2. The van der Waals surface area contributed by atoms with Crippen molar-refractivity contribution in [2.75, 3.05) is 11.5 Å². The predicted molar refractivity (Wildman–Crippen MR) is 84.3 cm³/mol. The summed E-state index contributed by atoms with van der Waals surface area (Å²) >= 11 is 0. The monoisotopic (exact) mass is 327 g/mol. The van der Waals surface area contributed by atoms with Crippen LogP contribution >= 0.6 is 0 Å². The minimum atomic E-state index is -0.707. The molecule has 0 radical (unpaired) electrons. The molecule has 6 heteroatoms. The molecule has 4 rings (SSSR count). The second-order valence-corrected chi connectivity index (χ2v) is 6.41. The van der Waals surface area contributed by atoms with Crippen LogP contribution in [0.3, 0.4) is 0 Å². The van der Waals surface area contributed by atoms with E-state index in [1.807, 2.05) is 19.1 Å². The second kappa shape index (κ2) is 5.01. The molecule has 3 heterocycles. The molecule has 2 fully saturated rings. The highest BCUT2D eigenvalue weighted by molar-refractivity contribution is 6.23. The summed E-state index contributed by atoms with van der Waals surface area (Å²) in [6.07, 6.45) is 3.40. The van der Waals surface area contributed by atoms with Crippen molar-refractivity contribution in [1.29, 1.82) is 0 Å². The molecule has 1 aromatic rings. The van der Waals surface area contributed by atoms with Gasteiger partial charge in [-0.1, -0.05) is 12.2 Å². The number of fused-ring (bicyclic) bond motifs is 5. The van der Waals surface area contributed by atoms with Crippen molar-refractivity contribution < 1.29 is 23.9 Å². The number of benzene rings is 1. The standard InChI is InChI=1S/C18H17NO5/c1-3-23-17(22)10-4-6-11(7-5-10)19-15(20)13-12-8-9-18(2,24-12)14(13)16(19)21/h4-9,12-14H,3H2,1-2H3/t12-,13-,14-,18-/m0/s1. The summed E-state index contributed by atoms with van der Waals surface area (Å²) in [6.45, 7) is 3.87. The van der Waals surface area contributed by atoms with E-state index < -0.39 is 23.4 Å². The molecule has 2 bridgehead atoms. The zero-order chi connectivity index (χ0) is 17.1. The zero-order valence-electron chi connectivity index (χ0n) is 13.4. The average Bonchev–Trinajstić information content (AvgIpc) is 3.17. The Morgan fingerprint density at radius 3 is 2.58 bits per heavy atom. The van der Waals surface area contributed by atoms with E-state index in [-0.39, 0.29) is 17.9 Å². The van der Waals surface area contributed by atoms with Gasteiger partial charge in [0, 0.05) is 0 Å². The van der Waals surface area contributed by atoms with Crippen LogP contribution in [0.2, 0.25) is 0 Å². The molecule has 124 valence electrons. The van der Waals surface area contributed by atoms with Crippen molar-refractivity contribution in [3.8, 4) is 0 Å². The summed E-state index contributed by atoms with van der Waals surface area (Å²) in [7, 11) is 0. The van der Waals surface area contributed by atoms with Gasteiger partial charge in [0.2, 0.25) is 11.8 Å². The molecule has 4 atom stereocenters. The lowest BCUT2D eigenvalue weighted by atomic mass is 9.78. The van der Waals surface area contributed by atoms with Crippen molar-refractivity contribution in [2.24, 2.45) is 11.8 Å². The largest absolute Gasteiger partial charge is 0.462 e. The van der Waals surface area contributed by atoms with Crippen molar-refractivity contribution >= 4 is 23.5 Å². The van der Waals surface area contributed by atoms with E-state index in [2.05, 4.69) is 0 Å². The van der Waals surface area contributed by atoms with E-state index in [9.17, 15) is 14.4 Å². The Bertz CT molecular complexity index is 768. The SMILES string of the molecule is CCOC(=O)c1ccc(N2C(=O)[C@H]3[C@@H]4C=C[C@](C)(O4)[C@@H]3C2=O)cc1. The van der Waals surface area contributed by atoms with E-state index >= 15 is 0 Å². The maximum absolute atomic E-state index is 12.8. The van der Waals surface area contributed by atoms with Crippen molar-refractivity contribution in [2.45, 2.75) is 25.6 Å². The summed E-state index contributed by atoms with van der Waals surface area (Å²) in [5, 5.41) is 0. The van der Waals surface area contributed by atoms with Crippen molar-refractivity contribution in [3.63, 3.8) is 0 Å². The van der Waals surface area contributed by atoms with Crippen LogP contribution in [-0.4, -0.2) is 36.1 Å². The maximum Gasteiger partial charge on any atom is 0.338 e. The molecular weight excluding hydrogens is 310 g/mol. The fourth-order valence-corrected chi connectivity index (χ4v) is 3.87. The van der Waals surface area contributed by atoms with Crippen LogP contribution in [0.4, 0.5) is 5.69 Å². The molecule has 24 heavy (non-hydrogen) atoms. The molecule has 3 aliphatic heterocycles. The Labute approximate surface area is 139 Å². The number of rotatable bonds is 3. The van der Waals surface area contributed by atoms with Gasteiger partial charge in [0.15, 0.2) is 0 Å². The minimum absolute atomic E-state index is 0.244. The molecule has 3 aliphatic rings. The van der Waals surface area contributed by atoms with Gasteiger partial charge in [-0.15, -0.1) is 0 Å². The number of carbonyl (C=O) groups is 3. The van der Waals surface area contributed by atoms with Gasteiger partial charge in [0.25, 0.3) is 0 Å². The summed E-state index contributed by atoms with van der Waals surface area (Å²) in [6, 6.07) is 6.32. The Morgan fingerprint density at radius 1 is 1.25 bits per heavy atom. The zero-order valence-corrected chi connectivity index (χ0v) is 13.4. The van der Waals surface area contributed by atoms with Gasteiger partial charge in [-0.3, -0.25) is 9.59 Å². The van der Waals surface area contributed by atoms with E-state index in [0.29, 0.717) is 17.9 Å². The van der Waals surface area contributed by atoms with E-state index in [1.54, 1.807) is 31.2 Å². The van der Waals surface area contributed by atoms with Crippen LogP contribution in [0, 0.1) is 11.8 Å². The fraction of sp³-hybridized carbons (Fsp3) is 0.389. The molecule has 0 unspecified atom stereocenters. The lowest BCUT2D eigenvalue weighted by Crippen LogP contribution is -2.38. The third kappa shape index (κ3) is 1.89. The number of nitrogens with zero attached hydrogens (tertiary/aromatic N) is 1. The molecule has 0 aliphatic carbocycles. The lowest BCUT2D eigenvalue weighted by molar-refractivity contribution is -0.126. The van der Waals surface area contributed by atoms with Gasteiger partial charge in [-0.2, -0.15) is 0 Å². The lowest BCUT2D eigenvalue weighted by Gasteiger charge is -2.24. The van der Waals surface area contributed by atoms with Gasteiger partial charge >= 0.3 is 5.97 Å². The van der Waals surface area contributed by atoms with E-state index in [0.717, 1.165) is 0 Å². The molecule has 0 aromatic heterocycles. The number of esters is 1. The number of amides is 2. The summed E-state index contributed by atoms with van der Waals surface area (Å²) < 4.78 is 10.7. The molecule has 2 amide bonds. The maximum atomic E-state index is 12.8. The molecule has 1 aromatic carbocycles. The first-order valence-corrected chi connectivity index (χ1v) is 7.98. The molecule has 2 saturated heterocycles. The number of hydrogen-bond donors (Lipinski definition) is 0. The number of hydrogen-bond acceptors (Lipinski definition) is 5. The van der Waals surface area contributed by atoms with Crippen LogP contribution in [0.25, 0.3) is 0 Å². The van der Waals surface area contributed by atoms with Crippen LogP contribution in [-0.2, 0) is 19.1 Å². The quantitative estimate of drug-likeness (QED) is 0.480. The van der Waals surface area contributed by atoms with Crippen LogP contribution < -0.4 is 4.90 Å². The van der Waals surface area contributed by atoms with Gasteiger partial charge in [-0.25, -0.2) is 9.69 Å². The topological polar surface area (TPSA) is 72.9 Å². The van der Waals surface area contributed by atoms with Gasteiger partial charge in [-0.05, 0) is 38.1 Å². The van der Waals surface area contributed by atoms with Crippen LogP contribution in [0.5, 0.6) is 0 Å². The number of carbonyl (C=O) groups excluding carboxylic acids is 3. The van der Waals surface area contributed by atoms with Gasteiger partial charge < -0.3 is 9.47 Å². The Hall–Kier alpha value is -2.47. The first-order chi connectivity index (χ1) is 11.5. The first kappa shape index (κ1) is 15.1. The van der Waals surface area contributed by atoms with Crippen molar-refractivity contribution in [1.82, 2.24) is 0 Å². The highest BCUT2D eigenvalue weighted by Gasteiger charge is 2.65. The first-order valence-electron chi connectivity index (χ1n) is 7.98. The smallest absolute Gasteiger partial charge is 0.338 e. The summed E-state index contributed by atoms with van der Waals surface area (Å²) in [5.41, 5.74) is 0.147. The molecule has 0 saturated carbocycles. The molecule has 0 N–H and O–H groups in total. The van der Waals surface area contributed by atoms with E-state index in [4.69, 9.17) is 9.47 Å². The Balaban J connectivity index is 1.63. The fourth-order valence-electron chi connectivity index (χ4n) is 3.87. The highest BCUT2D eigenvalue weighted by atomic mass is 16.5. The predicted octanol–water partition coefficient (Wildman–Crippen LogP) is 1.70. The van der Waals surface area contributed by atoms with Crippen molar-refractivity contribution in [3.05, 3.63) is 42.0 Å². The van der Waals surface area contributed by atoms with Crippen LogP contribution in [0.1, 0.15) is 24.2 Å². The second-order valence-electron chi connectivity index (χ2n) is 6.41. The number of imide groups is 1. The Morgan fingerprint density at radius 2 is 1.96 bits per heavy atom. The molecule has 0 spiro atoms. The van der Waals surface area contributed by atoms with E-state index in [1.165, 1.54) is 4.90 Å². The normalized spacial score (nSPS) is 33.2.